The molecule has 2 N–H and O–H groups in total. The summed E-state index contributed by atoms with van der Waals surface area (Å²) in [5, 5.41) is 14.0. The first-order chi connectivity index (χ1) is 9.47. The first kappa shape index (κ1) is 14.5. The van der Waals surface area contributed by atoms with Gasteiger partial charge in [-0.25, -0.2) is 4.79 Å². The summed E-state index contributed by atoms with van der Waals surface area (Å²) in [6, 6.07) is 3.53. The van der Waals surface area contributed by atoms with Crippen LogP contribution < -0.4 is 5.32 Å². The maximum absolute atomic E-state index is 11.8. The van der Waals surface area contributed by atoms with E-state index in [4.69, 9.17) is 5.11 Å². The van der Waals surface area contributed by atoms with Gasteiger partial charge in [0, 0.05) is 15.8 Å². The fourth-order valence-electron chi connectivity index (χ4n) is 1.63. The van der Waals surface area contributed by atoms with Crippen LogP contribution in [0.5, 0.6) is 0 Å². The molecular formula is C14H13NO3S2. The minimum Gasteiger partial charge on any atom is -0.478 e. The van der Waals surface area contributed by atoms with Crippen LogP contribution in [-0.4, -0.2) is 17.0 Å². The topological polar surface area (TPSA) is 66.4 Å². The van der Waals surface area contributed by atoms with E-state index in [1.807, 2.05) is 18.4 Å². The van der Waals surface area contributed by atoms with Gasteiger partial charge in [0.25, 0.3) is 0 Å². The van der Waals surface area contributed by atoms with Crippen LogP contribution in [-0.2, 0) is 4.79 Å². The molecule has 0 spiro atoms. The summed E-state index contributed by atoms with van der Waals surface area (Å²) >= 11 is 2.81. The molecule has 0 aliphatic carbocycles. The van der Waals surface area contributed by atoms with Crippen LogP contribution >= 0.6 is 22.7 Å². The first-order valence-electron chi connectivity index (χ1n) is 5.84. The lowest BCUT2D eigenvalue weighted by atomic mass is 10.2. The van der Waals surface area contributed by atoms with E-state index in [1.54, 1.807) is 30.4 Å². The van der Waals surface area contributed by atoms with Crippen molar-refractivity contribution in [3.63, 3.8) is 0 Å². The standard InChI is InChI=1S/C14H13NO3S2/c1-8-5-6-19-11(8)3-4-12(16)15-13-10(14(17)18)7-9(2)20-13/h3-7H,1-2H3,(H,15,16)(H,17,18). The van der Waals surface area contributed by atoms with Gasteiger partial charge in [0.15, 0.2) is 0 Å². The van der Waals surface area contributed by atoms with Crippen molar-refractivity contribution < 1.29 is 14.7 Å². The molecule has 4 nitrogen and oxygen atoms in total. The van der Waals surface area contributed by atoms with Gasteiger partial charge in [-0.2, -0.15) is 0 Å². The number of thiophene rings is 2. The fourth-order valence-corrected chi connectivity index (χ4v) is 3.35. The van der Waals surface area contributed by atoms with Gasteiger partial charge >= 0.3 is 5.97 Å². The molecule has 1 amide bonds. The normalized spacial score (nSPS) is 10.9. The number of aromatic carboxylic acids is 1. The molecule has 0 fully saturated rings. The Kier molecular flexibility index (Phi) is 4.36. The van der Waals surface area contributed by atoms with E-state index in [0.717, 1.165) is 15.3 Å². The molecule has 2 aromatic heterocycles. The maximum Gasteiger partial charge on any atom is 0.338 e. The molecule has 0 aromatic carbocycles. The molecule has 2 rings (SSSR count). The summed E-state index contributed by atoms with van der Waals surface area (Å²) in [7, 11) is 0. The smallest absolute Gasteiger partial charge is 0.338 e. The summed E-state index contributed by atoms with van der Waals surface area (Å²) in [5.41, 5.74) is 1.23. The van der Waals surface area contributed by atoms with E-state index in [0.29, 0.717) is 5.00 Å². The fraction of sp³-hybridized carbons (Fsp3) is 0.143. The lowest BCUT2D eigenvalue weighted by Gasteiger charge is -2.00. The SMILES string of the molecule is Cc1cc(C(=O)O)c(NC(=O)C=Cc2sccc2C)s1. The average molecular weight is 307 g/mol. The van der Waals surface area contributed by atoms with E-state index in [9.17, 15) is 9.59 Å². The van der Waals surface area contributed by atoms with Crippen molar-refractivity contribution in [2.45, 2.75) is 13.8 Å². The zero-order valence-electron chi connectivity index (χ0n) is 11.0. The number of rotatable bonds is 4. The number of hydrogen-bond acceptors (Lipinski definition) is 4. The van der Waals surface area contributed by atoms with Crippen molar-refractivity contribution in [1.29, 1.82) is 0 Å². The second-order valence-electron chi connectivity index (χ2n) is 4.20. The number of anilines is 1. The summed E-state index contributed by atoms with van der Waals surface area (Å²) in [6.45, 7) is 3.77. The highest BCUT2D eigenvalue weighted by Crippen LogP contribution is 2.27. The Hall–Kier alpha value is -1.92. The van der Waals surface area contributed by atoms with Gasteiger partial charge in [-0.15, -0.1) is 22.7 Å². The lowest BCUT2D eigenvalue weighted by molar-refractivity contribution is -0.111. The zero-order valence-corrected chi connectivity index (χ0v) is 12.6. The molecular weight excluding hydrogens is 294 g/mol. The third kappa shape index (κ3) is 3.34. The van der Waals surface area contributed by atoms with Gasteiger partial charge in [0.05, 0.1) is 5.56 Å². The highest BCUT2D eigenvalue weighted by molar-refractivity contribution is 7.16. The predicted molar refractivity (Wildman–Crippen MR) is 82.7 cm³/mol. The number of carbonyl (C=O) groups excluding carboxylic acids is 1. The second kappa shape index (κ2) is 6.02. The molecule has 104 valence electrons. The molecule has 2 heterocycles. The highest BCUT2D eigenvalue weighted by Gasteiger charge is 2.14. The molecule has 0 saturated carbocycles. The van der Waals surface area contributed by atoms with Gasteiger partial charge in [0.1, 0.15) is 5.00 Å². The molecule has 2 aromatic rings. The van der Waals surface area contributed by atoms with E-state index >= 15 is 0 Å². The van der Waals surface area contributed by atoms with Crippen LogP contribution in [0.2, 0.25) is 0 Å². The van der Waals surface area contributed by atoms with E-state index in [2.05, 4.69) is 5.32 Å². The van der Waals surface area contributed by atoms with E-state index < -0.39 is 5.97 Å². The molecule has 0 bridgehead atoms. The monoisotopic (exact) mass is 307 g/mol. The van der Waals surface area contributed by atoms with Crippen LogP contribution in [0, 0.1) is 13.8 Å². The van der Waals surface area contributed by atoms with Crippen molar-refractivity contribution in [2.24, 2.45) is 0 Å². The number of nitrogens with one attached hydrogen (secondary N) is 1. The summed E-state index contributed by atoms with van der Waals surface area (Å²) in [4.78, 5) is 24.7. The van der Waals surface area contributed by atoms with Crippen molar-refractivity contribution >= 4 is 45.6 Å². The van der Waals surface area contributed by atoms with Gasteiger partial charge < -0.3 is 10.4 Å². The molecule has 6 heteroatoms. The Morgan fingerprint density at radius 1 is 1.35 bits per heavy atom. The van der Waals surface area contributed by atoms with Crippen molar-refractivity contribution in [3.8, 4) is 0 Å². The highest BCUT2D eigenvalue weighted by atomic mass is 32.1. The van der Waals surface area contributed by atoms with Crippen LogP contribution in [0.3, 0.4) is 0 Å². The summed E-state index contributed by atoms with van der Waals surface area (Å²) in [5.74, 6) is -1.37. The molecule has 0 saturated heterocycles. The van der Waals surface area contributed by atoms with Gasteiger partial charge in [-0.3, -0.25) is 4.79 Å². The molecule has 0 atom stereocenters. The number of amides is 1. The predicted octanol–water partition coefficient (Wildman–Crippen LogP) is 3.78. The van der Waals surface area contributed by atoms with Crippen LogP contribution in [0.4, 0.5) is 5.00 Å². The number of carboxylic acid groups (broad SMARTS) is 1. The zero-order chi connectivity index (χ0) is 14.7. The van der Waals surface area contributed by atoms with Crippen LogP contribution in [0.15, 0.2) is 23.6 Å². The molecule has 0 aliphatic rings. The summed E-state index contributed by atoms with van der Waals surface area (Å²) in [6.07, 6.45) is 3.15. The van der Waals surface area contributed by atoms with Crippen molar-refractivity contribution in [3.05, 3.63) is 44.5 Å². The molecule has 0 aliphatic heterocycles. The number of carboxylic acids is 1. The van der Waals surface area contributed by atoms with Gasteiger partial charge in [-0.05, 0) is 43.0 Å². The minimum absolute atomic E-state index is 0.126. The molecule has 0 unspecified atom stereocenters. The largest absolute Gasteiger partial charge is 0.478 e. The van der Waals surface area contributed by atoms with Crippen molar-refractivity contribution in [2.75, 3.05) is 5.32 Å². The Labute approximate surface area is 124 Å². The summed E-state index contributed by atoms with van der Waals surface area (Å²) < 4.78 is 0. The quantitative estimate of drug-likeness (QED) is 0.845. The second-order valence-corrected chi connectivity index (χ2v) is 6.40. The van der Waals surface area contributed by atoms with Crippen molar-refractivity contribution in [1.82, 2.24) is 0 Å². The third-order valence-electron chi connectivity index (χ3n) is 2.61. The Balaban J connectivity index is 2.11. The van der Waals surface area contributed by atoms with Crippen LogP contribution in [0.25, 0.3) is 6.08 Å². The molecule has 0 radical (unpaired) electrons. The van der Waals surface area contributed by atoms with E-state index in [-0.39, 0.29) is 11.5 Å². The average Bonchev–Trinajstić information content (AvgIpc) is 2.93. The molecule has 20 heavy (non-hydrogen) atoms. The first-order valence-corrected chi connectivity index (χ1v) is 7.54. The lowest BCUT2D eigenvalue weighted by Crippen LogP contribution is -2.09. The van der Waals surface area contributed by atoms with E-state index in [1.165, 1.54) is 17.4 Å². The van der Waals surface area contributed by atoms with Gasteiger partial charge in [0.2, 0.25) is 5.91 Å². The third-order valence-corrected chi connectivity index (χ3v) is 4.56. The maximum atomic E-state index is 11.8. The Bertz CT molecular complexity index is 682. The minimum atomic E-state index is -1.04. The Morgan fingerprint density at radius 2 is 2.10 bits per heavy atom. The number of hydrogen-bond donors (Lipinski definition) is 2. The number of carbonyl (C=O) groups is 2. The van der Waals surface area contributed by atoms with Gasteiger partial charge in [-0.1, -0.05) is 0 Å². The number of aryl methyl sites for hydroxylation is 2. The van der Waals surface area contributed by atoms with Crippen LogP contribution in [0.1, 0.15) is 25.7 Å². The Morgan fingerprint density at radius 3 is 2.70 bits per heavy atom.